The Kier molecular flexibility index (Phi) is 9.82. The van der Waals surface area contributed by atoms with Crippen molar-refractivity contribution < 1.29 is 27.1 Å². The van der Waals surface area contributed by atoms with Gasteiger partial charge in [-0.1, -0.05) is 37.3 Å². The van der Waals surface area contributed by atoms with E-state index in [4.69, 9.17) is 9.15 Å². The number of nitrogens with zero attached hydrogens (tertiary/aromatic N) is 4. The molecular formula is C32H38F3N5O3. The van der Waals surface area contributed by atoms with Crippen LogP contribution in [-0.2, 0) is 6.54 Å². The van der Waals surface area contributed by atoms with Gasteiger partial charge in [0.1, 0.15) is 5.52 Å². The predicted octanol–water partition coefficient (Wildman–Crippen LogP) is 5.73. The first-order valence-electron chi connectivity index (χ1n) is 14.8. The van der Waals surface area contributed by atoms with Crippen LogP contribution in [0, 0.1) is 5.92 Å². The third-order valence-corrected chi connectivity index (χ3v) is 8.24. The van der Waals surface area contributed by atoms with Gasteiger partial charge in [0, 0.05) is 38.4 Å². The van der Waals surface area contributed by atoms with Crippen LogP contribution in [0.25, 0.3) is 11.1 Å². The van der Waals surface area contributed by atoms with Crippen LogP contribution in [0.3, 0.4) is 0 Å². The van der Waals surface area contributed by atoms with Gasteiger partial charge >= 0.3 is 12.1 Å². The SMILES string of the molecule is CCN(CCNC(=O)c1nc2cc(C3CCN(Cc4ccc(OC)nc4)CC3)ccc2o1)CC1=CCC(C(F)(F)F)C=C1. The lowest BCUT2D eigenvalue weighted by Crippen LogP contribution is -2.36. The Morgan fingerprint density at radius 1 is 1.21 bits per heavy atom. The van der Waals surface area contributed by atoms with E-state index in [0.717, 1.165) is 43.6 Å². The quantitative estimate of drug-likeness (QED) is 0.302. The van der Waals surface area contributed by atoms with E-state index in [2.05, 4.69) is 37.2 Å². The maximum atomic E-state index is 12.9. The summed E-state index contributed by atoms with van der Waals surface area (Å²) in [6.07, 6.45) is 4.11. The summed E-state index contributed by atoms with van der Waals surface area (Å²) < 4.78 is 49.6. The molecule has 1 amide bonds. The molecule has 2 aromatic heterocycles. The molecule has 0 spiro atoms. The number of halogens is 3. The number of methoxy groups -OCH3 is 1. The van der Waals surface area contributed by atoms with Crippen LogP contribution < -0.4 is 10.1 Å². The van der Waals surface area contributed by atoms with E-state index in [1.807, 2.05) is 31.3 Å². The van der Waals surface area contributed by atoms with Crippen LogP contribution in [0.5, 0.6) is 5.88 Å². The average Bonchev–Trinajstić information content (AvgIpc) is 3.45. The van der Waals surface area contributed by atoms with Gasteiger partial charge in [-0.2, -0.15) is 13.2 Å². The Morgan fingerprint density at radius 3 is 2.67 bits per heavy atom. The third-order valence-electron chi connectivity index (χ3n) is 8.24. The number of oxazole rings is 1. The second kappa shape index (κ2) is 13.7. The Labute approximate surface area is 249 Å². The molecule has 1 unspecified atom stereocenters. The molecule has 0 radical (unpaired) electrons. The zero-order chi connectivity index (χ0) is 30.4. The van der Waals surface area contributed by atoms with Gasteiger partial charge in [0.25, 0.3) is 5.89 Å². The fraction of sp³-hybridized carbons (Fsp3) is 0.469. The lowest BCUT2D eigenvalue weighted by molar-refractivity contribution is -0.160. The van der Waals surface area contributed by atoms with Crippen molar-refractivity contribution in [3.63, 3.8) is 0 Å². The molecule has 8 nitrogen and oxygen atoms in total. The van der Waals surface area contributed by atoms with Gasteiger partial charge in [-0.3, -0.25) is 14.6 Å². The van der Waals surface area contributed by atoms with Crippen molar-refractivity contribution in [2.24, 2.45) is 5.92 Å². The van der Waals surface area contributed by atoms with E-state index in [-0.39, 0.29) is 18.2 Å². The maximum absolute atomic E-state index is 12.9. The summed E-state index contributed by atoms with van der Waals surface area (Å²) in [5.74, 6) is -0.753. The summed E-state index contributed by atoms with van der Waals surface area (Å²) in [5, 5.41) is 2.86. The van der Waals surface area contributed by atoms with E-state index < -0.39 is 12.1 Å². The Bertz CT molecular complexity index is 1440. The molecule has 5 rings (SSSR count). The second-order valence-electron chi connectivity index (χ2n) is 11.2. The molecule has 0 bridgehead atoms. The third kappa shape index (κ3) is 8.03. The van der Waals surface area contributed by atoms with E-state index >= 15 is 0 Å². The first-order valence-corrected chi connectivity index (χ1v) is 14.8. The number of ether oxygens (including phenoxy) is 1. The van der Waals surface area contributed by atoms with Crippen molar-refractivity contribution in [1.29, 1.82) is 0 Å². The number of alkyl halides is 3. The van der Waals surface area contributed by atoms with Crippen LogP contribution >= 0.6 is 0 Å². The Hall–Kier alpha value is -3.70. The molecule has 1 N–H and O–H groups in total. The van der Waals surface area contributed by atoms with E-state index in [1.165, 1.54) is 11.6 Å². The molecule has 1 aliphatic heterocycles. The summed E-state index contributed by atoms with van der Waals surface area (Å²) in [6.45, 7) is 6.95. The number of fused-ring (bicyclic) bond motifs is 1. The molecule has 1 atom stereocenters. The highest BCUT2D eigenvalue weighted by Gasteiger charge is 2.37. The van der Waals surface area contributed by atoms with Crippen molar-refractivity contribution in [1.82, 2.24) is 25.1 Å². The number of carbonyl (C=O) groups excluding carboxylic acids is 1. The summed E-state index contributed by atoms with van der Waals surface area (Å²) in [7, 11) is 1.61. The van der Waals surface area contributed by atoms with E-state index in [0.29, 0.717) is 49.1 Å². The Morgan fingerprint density at radius 2 is 2.02 bits per heavy atom. The number of likely N-dealkylation sites (N-methyl/N-ethyl adjacent to an activating group) is 1. The van der Waals surface area contributed by atoms with Crippen molar-refractivity contribution in [2.75, 3.05) is 46.4 Å². The monoisotopic (exact) mass is 597 g/mol. The molecular weight excluding hydrogens is 559 g/mol. The highest BCUT2D eigenvalue weighted by Crippen LogP contribution is 2.33. The van der Waals surface area contributed by atoms with Crippen LogP contribution in [0.2, 0.25) is 0 Å². The summed E-state index contributed by atoms with van der Waals surface area (Å²) in [5.41, 5.74) is 4.45. The maximum Gasteiger partial charge on any atom is 0.395 e. The number of likely N-dealkylation sites (tertiary alicyclic amines) is 1. The minimum atomic E-state index is -4.21. The summed E-state index contributed by atoms with van der Waals surface area (Å²) >= 11 is 0. The van der Waals surface area contributed by atoms with Crippen molar-refractivity contribution in [2.45, 2.75) is 44.8 Å². The topological polar surface area (TPSA) is 83.7 Å². The molecule has 1 aliphatic carbocycles. The van der Waals surface area contributed by atoms with Gasteiger partial charge in [0.05, 0.1) is 13.0 Å². The number of hydrogen-bond donors (Lipinski definition) is 1. The number of benzene rings is 1. The van der Waals surface area contributed by atoms with Crippen molar-refractivity contribution >= 4 is 17.0 Å². The normalized spacial score (nSPS) is 18.3. The van der Waals surface area contributed by atoms with Crippen LogP contribution in [0.4, 0.5) is 13.2 Å². The molecule has 11 heteroatoms. The number of allylic oxidation sites excluding steroid dienone is 2. The van der Waals surface area contributed by atoms with E-state index in [9.17, 15) is 18.0 Å². The van der Waals surface area contributed by atoms with Crippen LogP contribution in [0.1, 0.15) is 53.9 Å². The molecule has 3 heterocycles. The second-order valence-corrected chi connectivity index (χ2v) is 11.2. The highest BCUT2D eigenvalue weighted by molar-refractivity contribution is 5.92. The number of amides is 1. The van der Waals surface area contributed by atoms with Crippen LogP contribution in [-0.4, -0.2) is 78.2 Å². The molecule has 2 aliphatic rings. The fourth-order valence-corrected chi connectivity index (χ4v) is 5.64. The molecule has 43 heavy (non-hydrogen) atoms. The number of aromatic nitrogens is 2. The van der Waals surface area contributed by atoms with Gasteiger partial charge in [-0.15, -0.1) is 0 Å². The first-order chi connectivity index (χ1) is 20.7. The molecule has 1 aromatic carbocycles. The molecule has 230 valence electrons. The van der Waals surface area contributed by atoms with Gasteiger partial charge in [-0.05, 0) is 73.6 Å². The standard InChI is InChI=1S/C32H38F3N5O3/c1-3-39(20-22-4-8-26(9-5-22)32(33,34)35)17-14-36-30(41)31-38-27-18-25(7-10-28(27)43-31)24-12-15-40(16-13-24)21-23-6-11-29(42-2)37-19-23/h4-8,10-11,18-19,24,26H,3,9,12-17,20-21H2,1-2H3,(H,36,41). The smallest absolute Gasteiger partial charge is 0.395 e. The van der Waals surface area contributed by atoms with Gasteiger partial charge in [0.15, 0.2) is 5.58 Å². The minimum absolute atomic E-state index is 0.0224. The van der Waals surface area contributed by atoms with Crippen LogP contribution in [0.15, 0.2) is 64.7 Å². The Balaban J connectivity index is 1.09. The summed E-state index contributed by atoms with van der Waals surface area (Å²) in [4.78, 5) is 26.0. The highest BCUT2D eigenvalue weighted by atomic mass is 19.4. The van der Waals surface area contributed by atoms with E-state index in [1.54, 1.807) is 19.3 Å². The average molecular weight is 598 g/mol. The molecule has 0 saturated carbocycles. The van der Waals surface area contributed by atoms with Gasteiger partial charge in [-0.25, -0.2) is 9.97 Å². The largest absolute Gasteiger partial charge is 0.481 e. The number of rotatable bonds is 11. The van der Waals surface area contributed by atoms with Crippen molar-refractivity contribution in [3.05, 3.63) is 77.3 Å². The number of nitrogens with one attached hydrogen (secondary N) is 1. The lowest BCUT2D eigenvalue weighted by Gasteiger charge is -2.32. The predicted molar refractivity (Wildman–Crippen MR) is 158 cm³/mol. The lowest BCUT2D eigenvalue weighted by atomic mass is 9.89. The number of hydrogen-bond acceptors (Lipinski definition) is 7. The molecule has 1 saturated heterocycles. The molecule has 3 aromatic rings. The number of carbonyl (C=O) groups is 1. The zero-order valence-corrected chi connectivity index (χ0v) is 24.6. The van der Waals surface area contributed by atoms with Crippen molar-refractivity contribution in [3.8, 4) is 5.88 Å². The zero-order valence-electron chi connectivity index (χ0n) is 24.6. The molecule has 1 fully saturated rings. The fourth-order valence-electron chi connectivity index (χ4n) is 5.64. The van der Waals surface area contributed by atoms with Gasteiger partial charge < -0.3 is 14.5 Å². The minimum Gasteiger partial charge on any atom is -0.481 e. The summed E-state index contributed by atoms with van der Waals surface area (Å²) in [6, 6.07) is 9.91. The number of piperidine rings is 1. The first kappa shape index (κ1) is 30.7. The number of pyridine rings is 1. The van der Waals surface area contributed by atoms with Gasteiger partial charge in [0.2, 0.25) is 5.88 Å².